The molecular weight excluding hydrogens is 408 g/mol. The SMILES string of the molecule is O=C(O)c1cccc2ccccc12.O=C(O)c1cccc2ccccc12.[O-2].[O-2].[Ti+4]. The Bertz CT molecular complexity index is 1010. The molecule has 0 aromatic heterocycles. The molecule has 4 rings (SSSR count). The van der Waals surface area contributed by atoms with E-state index in [1.54, 1.807) is 24.3 Å². The molecule has 0 unspecified atom stereocenters. The van der Waals surface area contributed by atoms with Crippen LogP contribution in [-0.4, -0.2) is 22.2 Å². The van der Waals surface area contributed by atoms with Crippen LogP contribution in [0.5, 0.6) is 0 Å². The van der Waals surface area contributed by atoms with Crippen LogP contribution in [0.25, 0.3) is 21.5 Å². The summed E-state index contributed by atoms with van der Waals surface area (Å²) in [4.78, 5) is 21.6. The van der Waals surface area contributed by atoms with Crippen LogP contribution in [0.3, 0.4) is 0 Å². The van der Waals surface area contributed by atoms with Crippen molar-refractivity contribution in [1.29, 1.82) is 0 Å². The predicted molar refractivity (Wildman–Crippen MR) is 103 cm³/mol. The number of carbonyl (C=O) groups is 2. The first-order valence-corrected chi connectivity index (χ1v) is 8.00. The Kier molecular flexibility index (Phi) is 10.5. The number of fused-ring (bicyclic) bond motifs is 2. The summed E-state index contributed by atoms with van der Waals surface area (Å²) in [5.41, 5.74) is 0.719. The fraction of sp³-hybridized carbons (Fsp3) is 0. The molecule has 0 aliphatic heterocycles. The van der Waals surface area contributed by atoms with E-state index in [0.717, 1.165) is 21.5 Å². The van der Waals surface area contributed by atoms with Crippen LogP contribution in [-0.2, 0) is 32.7 Å². The first-order valence-electron chi connectivity index (χ1n) is 8.00. The molecule has 0 radical (unpaired) electrons. The summed E-state index contributed by atoms with van der Waals surface area (Å²) in [6, 6.07) is 25.5. The van der Waals surface area contributed by atoms with E-state index in [4.69, 9.17) is 10.2 Å². The zero-order valence-corrected chi connectivity index (χ0v) is 16.7. The van der Waals surface area contributed by atoms with Gasteiger partial charge in [-0.15, -0.1) is 0 Å². The van der Waals surface area contributed by atoms with Gasteiger partial charge in [0, 0.05) is 0 Å². The van der Waals surface area contributed by atoms with Crippen molar-refractivity contribution in [2.45, 2.75) is 0 Å². The number of benzene rings is 4. The van der Waals surface area contributed by atoms with Crippen molar-refractivity contribution in [2.75, 3.05) is 0 Å². The summed E-state index contributed by atoms with van der Waals surface area (Å²) in [7, 11) is 0. The van der Waals surface area contributed by atoms with Gasteiger partial charge in [-0.2, -0.15) is 0 Å². The molecule has 144 valence electrons. The zero-order valence-electron chi connectivity index (χ0n) is 15.1. The number of rotatable bonds is 2. The second-order valence-corrected chi connectivity index (χ2v) is 5.66. The molecule has 0 atom stereocenters. The van der Waals surface area contributed by atoms with Gasteiger partial charge in [0.25, 0.3) is 0 Å². The van der Waals surface area contributed by atoms with Gasteiger partial charge in [-0.1, -0.05) is 72.8 Å². The van der Waals surface area contributed by atoms with Gasteiger partial charge in [0.2, 0.25) is 0 Å². The third-order valence-electron chi connectivity index (χ3n) is 4.04. The Labute approximate surface area is 181 Å². The maximum atomic E-state index is 10.8. The Hall–Kier alpha value is -3.03. The van der Waals surface area contributed by atoms with Crippen LogP contribution in [0, 0.1) is 0 Å². The predicted octanol–water partition coefficient (Wildman–Crippen LogP) is 4.84. The first-order chi connectivity index (χ1) is 12.6. The van der Waals surface area contributed by atoms with Gasteiger partial charge < -0.3 is 21.2 Å². The second-order valence-electron chi connectivity index (χ2n) is 5.66. The summed E-state index contributed by atoms with van der Waals surface area (Å²) in [6.07, 6.45) is 0. The molecule has 0 aliphatic rings. The molecule has 0 saturated heterocycles. The standard InChI is InChI=1S/2C11H8O2.2O.Ti/c2*12-11(13)10-7-3-5-8-4-1-2-6-9(8)10;;;/h2*1-7H,(H,12,13);;;/q;;2*-2;+4. The van der Waals surface area contributed by atoms with E-state index in [1.165, 1.54) is 0 Å². The summed E-state index contributed by atoms with van der Waals surface area (Å²) in [5.74, 6) is -1.76. The monoisotopic (exact) mass is 424 g/mol. The van der Waals surface area contributed by atoms with E-state index in [1.807, 2.05) is 60.7 Å². The topological polar surface area (TPSA) is 132 Å². The molecule has 0 aliphatic carbocycles. The normalized spacial score (nSPS) is 9.10. The number of hydrogen-bond acceptors (Lipinski definition) is 2. The fourth-order valence-electron chi connectivity index (χ4n) is 2.82. The quantitative estimate of drug-likeness (QED) is 0.446. The van der Waals surface area contributed by atoms with Crippen LogP contribution in [0.4, 0.5) is 0 Å². The molecule has 2 N–H and O–H groups in total. The molecular formula is C22H16O6Ti. The number of carboxylic acids is 2. The molecule has 0 amide bonds. The molecule has 0 heterocycles. The fourth-order valence-corrected chi connectivity index (χ4v) is 2.82. The van der Waals surface area contributed by atoms with Gasteiger partial charge in [-0.25, -0.2) is 9.59 Å². The van der Waals surface area contributed by atoms with Gasteiger partial charge >= 0.3 is 33.7 Å². The van der Waals surface area contributed by atoms with Crippen LogP contribution in [0.2, 0.25) is 0 Å². The van der Waals surface area contributed by atoms with Gasteiger partial charge in [-0.3, -0.25) is 0 Å². The van der Waals surface area contributed by atoms with E-state index < -0.39 is 11.9 Å². The van der Waals surface area contributed by atoms with E-state index in [-0.39, 0.29) is 32.7 Å². The zero-order chi connectivity index (χ0) is 18.5. The molecule has 29 heavy (non-hydrogen) atoms. The molecule has 7 heteroatoms. The average Bonchev–Trinajstić information content (AvgIpc) is 2.67. The number of carboxylic acid groups (broad SMARTS) is 2. The van der Waals surface area contributed by atoms with Crippen molar-refractivity contribution in [3.05, 3.63) is 96.1 Å². The second kappa shape index (κ2) is 11.7. The van der Waals surface area contributed by atoms with Crippen LogP contribution >= 0.6 is 0 Å². The average molecular weight is 424 g/mol. The van der Waals surface area contributed by atoms with E-state index in [9.17, 15) is 9.59 Å². The van der Waals surface area contributed by atoms with Crippen LogP contribution in [0.15, 0.2) is 84.9 Å². The van der Waals surface area contributed by atoms with Crippen LogP contribution in [0.1, 0.15) is 20.7 Å². The van der Waals surface area contributed by atoms with Crippen molar-refractivity contribution < 1.29 is 52.5 Å². The van der Waals surface area contributed by atoms with E-state index >= 15 is 0 Å². The van der Waals surface area contributed by atoms with Crippen molar-refractivity contribution in [2.24, 2.45) is 0 Å². The van der Waals surface area contributed by atoms with Crippen molar-refractivity contribution in [1.82, 2.24) is 0 Å². The maximum absolute atomic E-state index is 10.8. The Balaban J connectivity index is 0.000000490. The van der Waals surface area contributed by atoms with Gasteiger partial charge in [0.05, 0.1) is 11.1 Å². The summed E-state index contributed by atoms with van der Waals surface area (Å²) in [5, 5.41) is 21.3. The van der Waals surface area contributed by atoms with Gasteiger partial charge in [0.1, 0.15) is 0 Å². The number of hydrogen-bond donors (Lipinski definition) is 2. The van der Waals surface area contributed by atoms with Crippen molar-refractivity contribution in [3.8, 4) is 0 Å². The van der Waals surface area contributed by atoms with Crippen molar-refractivity contribution >= 4 is 33.5 Å². The third kappa shape index (κ3) is 5.97. The minimum absolute atomic E-state index is 0. The van der Waals surface area contributed by atoms with E-state index in [2.05, 4.69) is 0 Å². The number of aromatic carboxylic acids is 2. The Morgan fingerprint density at radius 3 is 1.17 bits per heavy atom. The molecule has 0 spiro atoms. The largest absolute Gasteiger partial charge is 4.00 e. The van der Waals surface area contributed by atoms with Crippen LogP contribution < -0.4 is 0 Å². The van der Waals surface area contributed by atoms with Gasteiger partial charge in [0.15, 0.2) is 0 Å². The Morgan fingerprint density at radius 2 is 0.828 bits per heavy atom. The molecule has 0 fully saturated rings. The molecule has 0 saturated carbocycles. The summed E-state index contributed by atoms with van der Waals surface area (Å²) >= 11 is 0. The summed E-state index contributed by atoms with van der Waals surface area (Å²) in [6.45, 7) is 0. The van der Waals surface area contributed by atoms with E-state index in [0.29, 0.717) is 11.1 Å². The molecule has 4 aromatic carbocycles. The maximum Gasteiger partial charge on any atom is 4.00 e. The molecule has 4 aromatic rings. The Morgan fingerprint density at radius 1 is 0.517 bits per heavy atom. The van der Waals surface area contributed by atoms with Crippen molar-refractivity contribution in [3.63, 3.8) is 0 Å². The minimum Gasteiger partial charge on any atom is -2.00 e. The molecule has 0 bridgehead atoms. The smallest absolute Gasteiger partial charge is 2.00 e. The minimum atomic E-state index is -0.878. The first kappa shape index (κ1) is 26.0. The molecule has 6 nitrogen and oxygen atoms in total. The summed E-state index contributed by atoms with van der Waals surface area (Å²) < 4.78 is 0. The van der Waals surface area contributed by atoms with Gasteiger partial charge in [-0.05, 0) is 33.7 Å². The third-order valence-corrected chi connectivity index (χ3v) is 4.04.